The normalized spacial score (nSPS) is 10.0. The molecule has 0 heterocycles. The van der Waals surface area contributed by atoms with Gasteiger partial charge in [0.1, 0.15) is 0 Å². The zero-order valence-electron chi connectivity index (χ0n) is 9.23. The van der Waals surface area contributed by atoms with E-state index >= 15 is 0 Å². The first-order chi connectivity index (χ1) is 6.77. The summed E-state index contributed by atoms with van der Waals surface area (Å²) in [7, 11) is 0. The van der Waals surface area contributed by atoms with E-state index in [-0.39, 0.29) is 17.1 Å². The fourth-order valence-corrected chi connectivity index (χ4v) is 1.92. The third-order valence-electron chi connectivity index (χ3n) is 2.96. The summed E-state index contributed by atoms with van der Waals surface area (Å²) in [6, 6.07) is 13.1. The van der Waals surface area contributed by atoms with Gasteiger partial charge in [0.2, 0.25) is 0 Å². The molecule has 0 amide bonds. The van der Waals surface area contributed by atoms with Crippen LogP contribution >= 0.6 is 0 Å². The molecule has 0 aromatic heterocycles. The van der Waals surface area contributed by atoms with Crippen LogP contribution in [0.1, 0.15) is 22.3 Å². The second kappa shape index (κ2) is 5.34. The van der Waals surface area contributed by atoms with Crippen molar-refractivity contribution in [3.05, 3.63) is 58.7 Å². The summed E-state index contributed by atoms with van der Waals surface area (Å²) < 4.78 is 0. The summed E-state index contributed by atoms with van der Waals surface area (Å²) in [6.45, 7) is 4.38. The number of hydrogen-bond donors (Lipinski definition) is 0. The Bertz CT molecular complexity index is 366. The van der Waals surface area contributed by atoms with Crippen LogP contribution in [0, 0.1) is 13.8 Å². The molecule has 0 aliphatic rings. The van der Waals surface area contributed by atoms with Gasteiger partial charge in [0.15, 0.2) is 0 Å². The van der Waals surface area contributed by atoms with E-state index in [4.69, 9.17) is 0 Å². The van der Waals surface area contributed by atoms with E-state index in [0.29, 0.717) is 0 Å². The third kappa shape index (κ3) is 2.84. The zero-order chi connectivity index (χ0) is 9.97. The molecular formula is C14H16Fe. The zero-order valence-corrected chi connectivity index (χ0v) is 10.3. The van der Waals surface area contributed by atoms with Crippen LogP contribution in [-0.2, 0) is 29.9 Å². The van der Waals surface area contributed by atoms with Gasteiger partial charge in [-0.15, -0.1) is 0 Å². The van der Waals surface area contributed by atoms with Gasteiger partial charge >= 0.3 is 17.1 Å². The summed E-state index contributed by atoms with van der Waals surface area (Å²) in [5.74, 6) is 0. The number of rotatable bonds is 3. The molecule has 0 spiro atoms. The first-order valence-electron chi connectivity index (χ1n) is 5.20. The molecule has 0 aliphatic heterocycles. The minimum absolute atomic E-state index is 0. The van der Waals surface area contributed by atoms with E-state index in [1.54, 1.807) is 0 Å². The molecule has 0 saturated carbocycles. The Morgan fingerprint density at radius 2 is 1.27 bits per heavy atom. The average Bonchev–Trinajstić information content (AvgIpc) is 2.72. The van der Waals surface area contributed by atoms with Crippen molar-refractivity contribution in [2.75, 3.05) is 0 Å². The molecule has 0 saturated heterocycles. The third-order valence-corrected chi connectivity index (χ3v) is 2.96. The molecule has 15 heavy (non-hydrogen) atoms. The Kier molecular flexibility index (Phi) is 4.38. The molecule has 2 rings (SSSR count). The van der Waals surface area contributed by atoms with Crippen LogP contribution in [-0.4, -0.2) is 0 Å². The summed E-state index contributed by atoms with van der Waals surface area (Å²) in [4.78, 5) is 0. The molecule has 2 aromatic carbocycles. The molecule has 0 radical (unpaired) electrons. The Morgan fingerprint density at radius 3 is 1.53 bits per heavy atom. The molecule has 1 heteroatoms. The molecule has 80 valence electrons. The fraction of sp³-hybridized carbons (Fsp3) is 0.286. The smallest absolute Gasteiger partial charge is 0.211 e. The Balaban J connectivity index is 0.00000112. The maximum atomic E-state index is 2.23. The van der Waals surface area contributed by atoms with Crippen molar-refractivity contribution >= 4 is 0 Å². The van der Waals surface area contributed by atoms with Gasteiger partial charge < -0.3 is 0 Å². The molecule has 0 bridgehead atoms. The van der Waals surface area contributed by atoms with Crippen LogP contribution in [0.5, 0.6) is 0 Å². The van der Waals surface area contributed by atoms with E-state index in [1.807, 2.05) is 0 Å². The van der Waals surface area contributed by atoms with Gasteiger partial charge in [-0.1, -0.05) is 13.8 Å². The molecule has 0 fully saturated rings. The van der Waals surface area contributed by atoms with Gasteiger partial charge in [-0.3, -0.25) is 0 Å². The first kappa shape index (κ1) is 12.3. The monoisotopic (exact) mass is 240 g/mol. The van der Waals surface area contributed by atoms with Gasteiger partial charge in [-0.25, -0.2) is 12.1 Å². The molecule has 0 unspecified atom stereocenters. The standard InChI is InChI=1S/C14H16.Fe/c1-11-5-3-7-13(11)9-10-14-8-4-6-12(14)2;/h3-8H,9-10H2,1-2H3;/q-2;+2. The minimum atomic E-state index is 0. The average molecular weight is 240 g/mol. The van der Waals surface area contributed by atoms with Gasteiger partial charge in [0, 0.05) is 0 Å². The molecule has 2 aromatic rings. The van der Waals surface area contributed by atoms with Crippen LogP contribution in [0.2, 0.25) is 0 Å². The SMILES string of the molecule is Cc1cc[cH-]c1CCc1[cH-]ccc1C.[Fe+2]. The summed E-state index contributed by atoms with van der Waals surface area (Å²) >= 11 is 0. The predicted octanol–water partition coefficient (Wildman–Crippen LogP) is 3.52. The van der Waals surface area contributed by atoms with Crippen molar-refractivity contribution in [3.8, 4) is 0 Å². The van der Waals surface area contributed by atoms with Crippen molar-refractivity contribution in [2.45, 2.75) is 26.7 Å². The maximum absolute atomic E-state index is 2.23. The van der Waals surface area contributed by atoms with Crippen molar-refractivity contribution in [1.29, 1.82) is 0 Å². The van der Waals surface area contributed by atoms with E-state index < -0.39 is 0 Å². The first-order valence-corrected chi connectivity index (χ1v) is 5.20. The van der Waals surface area contributed by atoms with Gasteiger partial charge in [-0.2, -0.15) is 46.5 Å². The van der Waals surface area contributed by atoms with E-state index in [1.165, 1.54) is 35.1 Å². The number of aryl methyl sites for hydroxylation is 4. The maximum Gasteiger partial charge on any atom is 2.00 e. The van der Waals surface area contributed by atoms with E-state index in [9.17, 15) is 0 Å². The summed E-state index contributed by atoms with van der Waals surface area (Å²) in [6.07, 6.45) is 2.34. The van der Waals surface area contributed by atoms with Gasteiger partial charge in [0.05, 0.1) is 0 Å². The van der Waals surface area contributed by atoms with Crippen molar-refractivity contribution in [2.24, 2.45) is 0 Å². The van der Waals surface area contributed by atoms with Crippen molar-refractivity contribution in [3.63, 3.8) is 0 Å². The van der Waals surface area contributed by atoms with Crippen LogP contribution < -0.4 is 0 Å². The van der Waals surface area contributed by atoms with Crippen LogP contribution in [0.3, 0.4) is 0 Å². The summed E-state index contributed by atoms with van der Waals surface area (Å²) in [5.41, 5.74) is 5.83. The molecule has 0 N–H and O–H groups in total. The quantitative estimate of drug-likeness (QED) is 0.568. The van der Waals surface area contributed by atoms with Crippen molar-refractivity contribution < 1.29 is 17.1 Å². The molecule has 0 aliphatic carbocycles. The number of hydrogen-bond acceptors (Lipinski definition) is 0. The van der Waals surface area contributed by atoms with Crippen LogP contribution in [0.25, 0.3) is 0 Å². The Labute approximate surface area is 103 Å². The minimum Gasteiger partial charge on any atom is -0.211 e. The van der Waals surface area contributed by atoms with Crippen LogP contribution in [0.4, 0.5) is 0 Å². The molecule has 0 atom stereocenters. The Morgan fingerprint density at radius 1 is 0.867 bits per heavy atom. The predicted molar refractivity (Wildman–Crippen MR) is 61.0 cm³/mol. The fourth-order valence-electron chi connectivity index (χ4n) is 1.92. The molecule has 0 nitrogen and oxygen atoms in total. The summed E-state index contributed by atoms with van der Waals surface area (Å²) in [5, 5.41) is 0. The molecular weight excluding hydrogens is 224 g/mol. The van der Waals surface area contributed by atoms with Gasteiger partial charge in [0.25, 0.3) is 0 Å². The Hall–Kier alpha value is -0.781. The van der Waals surface area contributed by atoms with Gasteiger partial charge in [-0.05, 0) is 12.8 Å². The topological polar surface area (TPSA) is 0 Å². The van der Waals surface area contributed by atoms with E-state index in [0.717, 1.165) is 0 Å². The van der Waals surface area contributed by atoms with Crippen LogP contribution in [0.15, 0.2) is 36.4 Å². The second-order valence-electron chi connectivity index (χ2n) is 3.97. The second-order valence-corrected chi connectivity index (χ2v) is 3.97. The van der Waals surface area contributed by atoms with Crippen molar-refractivity contribution in [1.82, 2.24) is 0 Å². The largest absolute Gasteiger partial charge is 2.00 e. The van der Waals surface area contributed by atoms with E-state index in [2.05, 4.69) is 50.2 Å².